The van der Waals surface area contributed by atoms with Crippen molar-refractivity contribution in [3.63, 3.8) is 0 Å². The SMILES string of the molecule is CC(C)(C)OC=O.O=C(c1cnc(-c2cccc(CO)c2)nc1)C1CCNCC1. The number of carbonyl (C=O) groups is 2. The fourth-order valence-corrected chi connectivity index (χ4v) is 2.88. The Kier molecular flexibility index (Phi) is 8.42. The van der Waals surface area contributed by atoms with Gasteiger partial charge in [0.25, 0.3) is 6.47 Å². The van der Waals surface area contributed by atoms with Gasteiger partial charge >= 0.3 is 0 Å². The molecule has 29 heavy (non-hydrogen) atoms. The molecule has 0 bridgehead atoms. The van der Waals surface area contributed by atoms with E-state index in [1.54, 1.807) is 12.4 Å². The Morgan fingerprint density at radius 2 is 1.90 bits per heavy atom. The summed E-state index contributed by atoms with van der Waals surface area (Å²) in [5, 5.41) is 12.4. The third-order valence-electron chi connectivity index (χ3n) is 4.42. The Hall–Kier alpha value is -2.64. The fourth-order valence-electron chi connectivity index (χ4n) is 2.88. The van der Waals surface area contributed by atoms with E-state index in [4.69, 9.17) is 0 Å². The second-order valence-electron chi connectivity index (χ2n) is 7.87. The van der Waals surface area contributed by atoms with E-state index < -0.39 is 0 Å². The number of carbonyl (C=O) groups excluding carboxylic acids is 2. The number of nitrogens with one attached hydrogen (secondary N) is 1. The van der Waals surface area contributed by atoms with Gasteiger partial charge in [-0.2, -0.15) is 0 Å². The Labute approximate surface area is 171 Å². The van der Waals surface area contributed by atoms with E-state index in [9.17, 15) is 14.7 Å². The maximum atomic E-state index is 12.4. The Morgan fingerprint density at radius 3 is 2.41 bits per heavy atom. The van der Waals surface area contributed by atoms with Crippen molar-refractivity contribution in [1.29, 1.82) is 0 Å². The van der Waals surface area contributed by atoms with Crippen molar-refractivity contribution >= 4 is 12.3 Å². The van der Waals surface area contributed by atoms with Crippen LogP contribution in [0.3, 0.4) is 0 Å². The number of nitrogens with zero attached hydrogens (tertiary/aromatic N) is 2. The average molecular weight is 399 g/mol. The molecule has 0 aliphatic carbocycles. The Balaban J connectivity index is 0.000000370. The minimum absolute atomic E-state index is 0.0138. The predicted molar refractivity (Wildman–Crippen MR) is 110 cm³/mol. The number of piperidine rings is 1. The molecule has 1 aliphatic heterocycles. The largest absolute Gasteiger partial charge is 0.462 e. The lowest BCUT2D eigenvalue weighted by molar-refractivity contribution is -0.138. The summed E-state index contributed by atoms with van der Waals surface area (Å²) in [6.07, 6.45) is 4.97. The van der Waals surface area contributed by atoms with Crippen molar-refractivity contribution in [3.05, 3.63) is 47.8 Å². The van der Waals surface area contributed by atoms with Gasteiger partial charge < -0.3 is 15.2 Å². The smallest absolute Gasteiger partial charge is 0.293 e. The lowest BCUT2D eigenvalue weighted by Gasteiger charge is -2.21. The van der Waals surface area contributed by atoms with Gasteiger partial charge in [0.05, 0.1) is 12.2 Å². The van der Waals surface area contributed by atoms with Crippen LogP contribution in [0.1, 0.15) is 49.5 Å². The van der Waals surface area contributed by atoms with Gasteiger partial charge in [0.15, 0.2) is 11.6 Å². The van der Waals surface area contributed by atoms with Crippen LogP contribution in [0.25, 0.3) is 11.4 Å². The number of rotatable bonds is 5. The number of benzene rings is 1. The molecule has 1 aliphatic rings. The minimum atomic E-state index is -0.318. The average Bonchev–Trinajstić information content (AvgIpc) is 2.73. The highest BCUT2D eigenvalue weighted by Gasteiger charge is 2.22. The summed E-state index contributed by atoms with van der Waals surface area (Å²) in [4.78, 5) is 30.6. The molecule has 0 saturated carbocycles. The first-order valence-corrected chi connectivity index (χ1v) is 9.72. The summed E-state index contributed by atoms with van der Waals surface area (Å²) in [6, 6.07) is 7.45. The van der Waals surface area contributed by atoms with Crippen molar-refractivity contribution < 1.29 is 19.4 Å². The maximum absolute atomic E-state index is 12.4. The highest BCUT2D eigenvalue weighted by atomic mass is 16.5. The molecule has 7 nitrogen and oxygen atoms in total. The topological polar surface area (TPSA) is 101 Å². The molecule has 1 aromatic carbocycles. The van der Waals surface area contributed by atoms with Crippen molar-refractivity contribution in [1.82, 2.24) is 15.3 Å². The number of hydrogen-bond donors (Lipinski definition) is 2. The molecule has 1 saturated heterocycles. The molecule has 3 rings (SSSR count). The molecule has 1 fully saturated rings. The molecule has 2 heterocycles. The van der Waals surface area contributed by atoms with Gasteiger partial charge in [0.1, 0.15) is 5.60 Å². The van der Waals surface area contributed by atoms with Crippen LogP contribution in [0.4, 0.5) is 0 Å². The van der Waals surface area contributed by atoms with E-state index >= 15 is 0 Å². The zero-order valence-corrected chi connectivity index (χ0v) is 17.2. The third kappa shape index (κ3) is 7.36. The van der Waals surface area contributed by atoms with Crippen LogP contribution in [0.5, 0.6) is 0 Å². The molecule has 0 atom stereocenters. The number of aliphatic hydroxyl groups is 1. The zero-order valence-electron chi connectivity index (χ0n) is 17.2. The molecule has 156 valence electrons. The van der Waals surface area contributed by atoms with E-state index in [-0.39, 0.29) is 23.9 Å². The second kappa shape index (κ2) is 10.8. The lowest BCUT2D eigenvalue weighted by atomic mass is 9.91. The minimum Gasteiger partial charge on any atom is -0.462 e. The van der Waals surface area contributed by atoms with Crippen LogP contribution in [-0.2, 0) is 16.1 Å². The quantitative estimate of drug-likeness (QED) is 0.589. The Morgan fingerprint density at radius 1 is 1.24 bits per heavy atom. The summed E-state index contributed by atoms with van der Waals surface area (Å²) in [6.45, 7) is 7.69. The first-order valence-electron chi connectivity index (χ1n) is 9.72. The number of ether oxygens (including phenoxy) is 1. The van der Waals surface area contributed by atoms with Crippen LogP contribution in [0.15, 0.2) is 36.7 Å². The normalized spacial score (nSPS) is 14.5. The summed E-state index contributed by atoms with van der Waals surface area (Å²) in [5.41, 5.74) is 1.92. The van der Waals surface area contributed by atoms with Crippen molar-refractivity contribution in [2.45, 2.75) is 45.8 Å². The lowest BCUT2D eigenvalue weighted by Crippen LogP contribution is -2.32. The van der Waals surface area contributed by atoms with E-state index in [1.807, 2.05) is 45.0 Å². The van der Waals surface area contributed by atoms with Crippen LogP contribution < -0.4 is 5.32 Å². The number of aliphatic hydroxyl groups excluding tert-OH is 1. The van der Waals surface area contributed by atoms with Gasteiger partial charge in [0, 0.05) is 23.9 Å². The number of aromatic nitrogens is 2. The van der Waals surface area contributed by atoms with Crippen LogP contribution in [0.2, 0.25) is 0 Å². The van der Waals surface area contributed by atoms with E-state index in [0.717, 1.165) is 37.1 Å². The van der Waals surface area contributed by atoms with Crippen molar-refractivity contribution in [2.24, 2.45) is 5.92 Å². The molecule has 0 amide bonds. The first-order chi connectivity index (χ1) is 13.8. The van der Waals surface area contributed by atoms with Crippen LogP contribution in [-0.4, -0.2) is 46.0 Å². The molecule has 0 radical (unpaired) electrons. The van der Waals surface area contributed by atoms with Crippen molar-refractivity contribution in [3.8, 4) is 11.4 Å². The Bertz CT molecular complexity index is 794. The summed E-state index contributed by atoms with van der Waals surface area (Å²) in [7, 11) is 0. The van der Waals surface area contributed by atoms with Gasteiger partial charge in [-0.3, -0.25) is 9.59 Å². The van der Waals surface area contributed by atoms with Gasteiger partial charge in [-0.1, -0.05) is 18.2 Å². The predicted octanol–water partition coefficient (Wildman–Crippen LogP) is 2.78. The van der Waals surface area contributed by atoms with Gasteiger partial charge in [-0.05, 0) is 58.3 Å². The van der Waals surface area contributed by atoms with Gasteiger partial charge in [-0.15, -0.1) is 0 Å². The summed E-state index contributed by atoms with van der Waals surface area (Å²) < 4.78 is 4.55. The standard InChI is InChI=1S/C17H19N3O2.C5H10O2/c21-11-12-2-1-3-14(8-12)17-19-9-15(10-20-17)16(22)13-4-6-18-7-5-13;1-5(2,3)7-4-6/h1-3,8-10,13,18,21H,4-7,11H2;4H,1-3H3. The third-order valence-corrected chi connectivity index (χ3v) is 4.42. The number of ketones is 1. The molecular weight excluding hydrogens is 370 g/mol. The maximum Gasteiger partial charge on any atom is 0.293 e. The summed E-state index contributed by atoms with van der Waals surface area (Å²) >= 11 is 0. The van der Waals surface area contributed by atoms with E-state index in [0.29, 0.717) is 17.9 Å². The molecular formula is C22H29N3O4. The number of hydrogen-bond acceptors (Lipinski definition) is 7. The van der Waals surface area contributed by atoms with E-state index in [2.05, 4.69) is 20.0 Å². The first kappa shape index (κ1) is 22.6. The molecule has 7 heteroatoms. The molecule has 1 aromatic heterocycles. The van der Waals surface area contributed by atoms with Gasteiger partial charge in [0.2, 0.25) is 0 Å². The molecule has 2 aromatic rings. The van der Waals surface area contributed by atoms with Crippen LogP contribution >= 0.6 is 0 Å². The number of Topliss-reactive ketones (excluding diaryl/α,β-unsaturated/α-hetero) is 1. The van der Waals surface area contributed by atoms with Gasteiger partial charge in [-0.25, -0.2) is 9.97 Å². The van der Waals surface area contributed by atoms with Crippen molar-refractivity contribution in [2.75, 3.05) is 13.1 Å². The zero-order chi connectivity index (χ0) is 21.3. The molecule has 2 N–H and O–H groups in total. The molecule has 0 spiro atoms. The summed E-state index contributed by atoms with van der Waals surface area (Å²) in [5.74, 6) is 0.780. The fraction of sp³-hybridized carbons (Fsp3) is 0.455. The van der Waals surface area contributed by atoms with Crippen LogP contribution in [0, 0.1) is 5.92 Å². The highest BCUT2D eigenvalue weighted by molar-refractivity contribution is 5.97. The van der Waals surface area contributed by atoms with E-state index in [1.165, 1.54) is 0 Å². The second-order valence-corrected chi connectivity index (χ2v) is 7.87. The molecule has 0 unspecified atom stereocenters. The highest BCUT2D eigenvalue weighted by Crippen LogP contribution is 2.20. The monoisotopic (exact) mass is 399 g/mol.